The van der Waals surface area contributed by atoms with Crippen LogP contribution in [-0.4, -0.2) is 15.6 Å². The first-order valence-electron chi connectivity index (χ1n) is 6.11. The van der Waals surface area contributed by atoms with E-state index in [1.54, 1.807) is 13.0 Å². The van der Waals surface area contributed by atoms with E-state index in [0.29, 0.717) is 18.1 Å². The average molecular weight is 273 g/mol. The molecule has 0 bridgehead atoms. The molecule has 1 N–H and O–H groups in total. The number of benzene rings is 1. The van der Waals surface area contributed by atoms with Gasteiger partial charge in [-0.05, 0) is 42.6 Å². The maximum Gasteiger partial charge on any atom is 0.339 e. The second-order valence-electron chi connectivity index (χ2n) is 4.63. The van der Waals surface area contributed by atoms with Gasteiger partial charge in [-0.15, -0.1) is 0 Å². The lowest BCUT2D eigenvalue weighted by Crippen LogP contribution is -1.97. The fourth-order valence-electron chi connectivity index (χ4n) is 2.30. The summed E-state index contributed by atoms with van der Waals surface area (Å²) in [7, 11) is 0. The van der Waals surface area contributed by atoms with Crippen molar-refractivity contribution in [2.75, 3.05) is 0 Å². The third-order valence-corrected chi connectivity index (χ3v) is 3.26. The number of aromatic nitrogens is 1. The lowest BCUT2D eigenvalue weighted by molar-refractivity contribution is 0.0695. The van der Waals surface area contributed by atoms with Crippen LogP contribution in [0.4, 0.5) is 4.39 Å². The molecule has 4 nitrogen and oxygen atoms in total. The van der Waals surface area contributed by atoms with Crippen molar-refractivity contribution in [3.05, 3.63) is 59.4 Å². The Labute approximate surface area is 114 Å². The van der Waals surface area contributed by atoms with E-state index in [-0.39, 0.29) is 11.4 Å². The molecule has 0 radical (unpaired) electrons. The molecule has 0 aliphatic heterocycles. The average Bonchev–Trinajstić information content (AvgIpc) is 2.94. The molecule has 0 unspecified atom stereocenters. The highest BCUT2D eigenvalue weighted by atomic mass is 19.1. The Morgan fingerprint density at radius 2 is 2.15 bits per heavy atom. The molecule has 3 rings (SSSR count). The maximum absolute atomic E-state index is 13.3. The van der Waals surface area contributed by atoms with Crippen molar-refractivity contribution in [3.8, 4) is 0 Å². The summed E-state index contributed by atoms with van der Waals surface area (Å²) in [5.41, 5.74) is 0.901. The molecule has 0 atom stereocenters. The zero-order valence-corrected chi connectivity index (χ0v) is 10.8. The Kier molecular flexibility index (Phi) is 2.82. The Morgan fingerprint density at radius 3 is 2.85 bits per heavy atom. The number of nitrogens with zero attached hydrogens (tertiary/aromatic N) is 1. The molecule has 5 heteroatoms. The minimum absolute atomic E-state index is 0.155. The molecule has 0 fully saturated rings. The second kappa shape index (κ2) is 4.52. The van der Waals surface area contributed by atoms with Gasteiger partial charge in [-0.25, -0.2) is 9.18 Å². The number of fused-ring (bicyclic) bond motifs is 1. The number of rotatable bonds is 3. The van der Waals surface area contributed by atoms with Gasteiger partial charge in [0.15, 0.2) is 0 Å². The third-order valence-electron chi connectivity index (χ3n) is 3.26. The van der Waals surface area contributed by atoms with Crippen molar-refractivity contribution < 1.29 is 18.7 Å². The van der Waals surface area contributed by atoms with Crippen LogP contribution >= 0.6 is 0 Å². The molecule has 1 aromatic carbocycles. The van der Waals surface area contributed by atoms with E-state index >= 15 is 0 Å². The monoisotopic (exact) mass is 273 g/mol. The van der Waals surface area contributed by atoms with Crippen LogP contribution in [0.5, 0.6) is 0 Å². The fraction of sp³-hybridized carbons (Fsp3) is 0.133. The summed E-state index contributed by atoms with van der Waals surface area (Å²) in [4.78, 5) is 11.0. The van der Waals surface area contributed by atoms with Crippen molar-refractivity contribution in [1.82, 2.24) is 4.57 Å². The number of hydrogen-bond donors (Lipinski definition) is 1. The number of halogens is 1. The van der Waals surface area contributed by atoms with E-state index < -0.39 is 5.97 Å². The molecule has 0 saturated carbocycles. The predicted octanol–water partition coefficient (Wildman–Crippen LogP) is 3.43. The number of carboxylic acid groups (broad SMARTS) is 1. The lowest BCUT2D eigenvalue weighted by atomic mass is 10.2. The molecule has 20 heavy (non-hydrogen) atoms. The van der Waals surface area contributed by atoms with Crippen molar-refractivity contribution >= 4 is 16.9 Å². The van der Waals surface area contributed by atoms with E-state index in [1.807, 2.05) is 16.8 Å². The normalized spacial score (nSPS) is 11.1. The first-order chi connectivity index (χ1) is 9.54. The Hall–Kier alpha value is -2.56. The van der Waals surface area contributed by atoms with Gasteiger partial charge in [0, 0.05) is 6.20 Å². The smallest absolute Gasteiger partial charge is 0.339 e. The third kappa shape index (κ3) is 2.07. The quantitative estimate of drug-likeness (QED) is 0.795. The Bertz CT molecular complexity index is 801. The van der Waals surface area contributed by atoms with E-state index in [9.17, 15) is 9.18 Å². The van der Waals surface area contributed by atoms with Gasteiger partial charge in [0.05, 0.1) is 12.1 Å². The highest BCUT2D eigenvalue weighted by Gasteiger charge is 2.14. The summed E-state index contributed by atoms with van der Waals surface area (Å²) in [5, 5.41) is 9.92. The van der Waals surface area contributed by atoms with Crippen LogP contribution in [0.25, 0.3) is 10.9 Å². The molecule has 0 aliphatic rings. The van der Waals surface area contributed by atoms with Gasteiger partial charge < -0.3 is 14.1 Å². The van der Waals surface area contributed by atoms with Gasteiger partial charge in [-0.1, -0.05) is 0 Å². The van der Waals surface area contributed by atoms with E-state index in [4.69, 9.17) is 9.52 Å². The highest BCUT2D eigenvalue weighted by Crippen LogP contribution is 2.21. The summed E-state index contributed by atoms with van der Waals surface area (Å²) in [6.45, 7) is 1.97. The van der Waals surface area contributed by atoms with E-state index in [2.05, 4.69) is 0 Å². The summed E-state index contributed by atoms with van der Waals surface area (Å²) in [5.74, 6) is -0.419. The minimum atomic E-state index is -1.01. The Morgan fingerprint density at radius 1 is 1.35 bits per heavy atom. The molecule has 0 spiro atoms. The number of carbonyl (C=O) groups is 1. The zero-order chi connectivity index (χ0) is 14.3. The molecular weight excluding hydrogens is 261 g/mol. The molecule has 0 amide bonds. The van der Waals surface area contributed by atoms with Crippen LogP contribution in [0, 0.1) is 12.7 Å². The van der Waals surface area contributed by atoms with Gasteiger partial charge in [0.2, 0.25) is 0 Å². The van der Waals surface area contributed by atoms with Gasteiger partial charge in [0.25, 0.3) is 0 Å². The minimum Gasteiger partial charge on any atom is -0.478 e. The largest absolute Gasteiger partial charge is 0.478 e. The molecule has 3 aromatic rings. The van der Waals surface area contributed by atoms with Gasteiger partial charge in [-0.2, -0.15) is 0 Å². The summed E-state index contributed by atoms with van der Waals surface area (Å²) >= 11 is 0. The van der Waals surface area contributed by atoms with Crippen LogP contribution in [0.15, 0.2) is 40.9 Å². The summed E-state index contributed by atoms with van der Waals surface area (Å²) < 4.78 is 20.5. The fourth-order valence-corrected chi connectivity index (χ4v) is 2.30. The van der Waals surface area contributed by atoms with Crippen molar-refractivity contribution in [3.63, 3.8) is 0 Å². The number of aryl methyl sites for hydroxylation is 1. The SMILES string of the molecule is Cc1oc(Cn2ccc3ccc(F)cc32)cc1C(=O)O. The van der Waals surface area contributed by atoms with Crippen LogP contribution in [-0.2, 0) is 6.54 Å². The molecule has 0 aliphatic carbocycles. The lowest BCUT2D eigenvalue weighted by Gasteiger charge is -2.02. The van der Waals surface area contributed by atoms with Crippen LogP contribution in [0.3, 0.4) is 0 Å². The van der Waals surface area contributed by atoms with Crippen LogP contribution < -0.4 is 0 Å². The maximum atomic E-state index is 13.3. The van der Waals surface area contributed by atoms with Crippen LogP contribution in [0.1, 0.15) is 21.9 Å². The van der Waals surface area contributed by atoms with E-state index in [0.717, 1.165) is 10.9 Å². The molecule has 102 valence electrons. The molecule has 2 aromatic heterocycles. The van der Waals surface area contributed by atoms with Crippen LogP contribution in [0.2, 0.25) is 0 Å². The number of furan rings is 1. The molecule has 2 heterocycles. The first kappa shape index (κ1) is 12.5. The zero-order valence-electron chi connectivity index (χ0n) is 10.8. The summed E-state index contributed by atoms with van der Waals surface area (Å²) in [6, 6.07) is 7.94. The van der Waals surface area contributed by atoms with Crippen molar-refractivity contribution in [2.45, 2.75) is 13.5 Å². The highest BCUT2D eigenvalue weighted by molar-refractivity contribution is 5.88. The van der Waals surface area contributed by atoms with Gasteiger partial charge in [-0.3, -0.25) is 0 Å². The molecular formula is C15H12FNO3. The first-order valence-corrected chi connectivity index (χ1v) is 6.11. The van der Waals surface area contributed by atoms with Gasteiger partial charge in [0.1, 0.15) is 22.9 Å². The van der Waals surface area contributed by atoms with E-state index in [1.165, 1.54) is 18.2 Å². The van der Waals surface area contributed by atoms with Crippen molar-refractivity contribution in [1.29, 1.82) is 0 Å². The van der Waals surface area contributed by atoms with Crippen molar-refractivity contribution in [2.24, 2.45) is 0 Å². The molecule has 0 saturated heterocycles. The topological polar surface area (TPSA) is 55.4 Å². The second-order valence-corrected chi connectivity index (χ2v) is 4.63. The number of carboxylic acids is 1. The number of aromatic carboxylic acids is 1. The standard InChI is InChI=1S/C15H12FNO3/c1-9-13(15(18)19)7-12(20-9)8-17-5-4-10-2-3-11(16)6-14(10)17/h2-7H,8H2,1H3,(H,18,19). The summed E-state index contributed by atoms with van der Waals surface area (Å²) in [6.07, 6.45) is 1.82. The Balaban J connectivity index is 1.99. The number of hydrogen-bond acceptors (Lipinski definition) is 2. The predicted molar refractivity (Wildman–Crippen MR) is 71.4 cm³/mol. The van der Waals surface area contributed by atoms with Gasteiger partial charge >= 0.3 is 5.97 Å².